The first-order valence-electron chi connectivity index (χ1n) is 3.31. The van der Waals surface area contributed by atoms with Crippen LogP contribution in [0.25, 0.3) is 0 Å². The molecule has 0 aromatic rings. The lowest BCUT2D eigenvalue weighted by atomic mass is 10.6. The molecule has 3 nitrogen and oxygen atoms in total. The first-order valence-corrected chi connectivity index (χ1v) is 3.31. The van der Waals surface area contributed by atoms with E-state index in [0.717, 1.165) is 6.67 Å². The number of hydrogen-bond acceptors (Lipinski definition) is 3. The predicted molar refractivity (Wildman–Crippen MR) is 37.9 cm³/mol. The van der Waals surface area contributed by atoms with Gasteiger partial charge < -0.3 is 0 Å². The quantitative estimate of drug-likeness (QED) is 0.480. The summed E-state index contributed by atoms with van der Waals surface area (Å²) in [4.78, 5) is 2.31. The van der Waals surface area contributed by atoms with Gasteiger partial charge in [-0.2, -0.15) is 0 Å². The van der Waals surface area contributed by atoms with Gasteiger partial charge in [-0.15, -0.1) is 0 Å². The molecule has 1 rings (SSSR count). The minimum atomic E-state index is 1.08. The Balaban J connectivity index is 2.30. The molecule has 0 N–H and O–H groups in total. The molecule has 0 saturated carbocycles. The van der Waals surface area contributed by atoms with Crippen LogP contribution in [0.4, 0.5) is 0 Å². The Morgan fingerprint density at radius 3 is 2.11 bits per heavy atom. The third kappa shape index (κ3) is 1.64. The zero-order valence-electron chi connectivity index (χ0n) is 6.46. The lowest BCUT2D eigenvalue weighted by Crippen LogP contribution is -2.35. The van der Waals surface area contributed by atoms with Crippen molar-refractivity contribution in [3.63, 3.8) is 0 Å². The maximum absolute atomic E-state index is 2.31. The lowest BCUT2D eigenvalue weighted by molar-refractivity contribution is 0.0379. The second kappa shape index (κ2) is 2.64. The fourth-order valence-corrected chi connectivity index (χ4v) is 1.03. The van der Waals surface area contributed by atoms with Crippen LogP contribution in [-0.4, -0.2) is 55.8 Å². The molecule has 1 saturated heterocycles. The molecule has 1 heterocycles. The van der Waals surface area contributed by atoms with Crippen LogP contribution in [0.3, 0.4) is 0 Å². The molecule has 0 spiro atoms. The highest BCUT2D eigenvalue weighted by Gasteiger charge is 2.16. The number of hydrazine groups is 1. The predicted octanol–water partition coefficient (Wildman–Crippen LogP) is -0.332. The van der Waals surface area contributed by atoms with Crippen molar-refractivity contribution in [3.05, 3.63) is 0 Å². The van der Waals surface area contributed by atoms with Gasteiger partial charge in [-0.25, -0.2) is 10.0 Å². The smallest absolute Gasteiger partial charge is 0.0646 e. The molecule has 0 atom stereocenters. The monoisotopic (exact) mass is 129 g/mol. The summed E-state index contributed by atoms with van der Waals surface area (Å²) in [5.74, 6) is 0. The van der Waals surface area contributed by atoms with Crippen molar-refractivity contribution in [2.45, 2.75) is 0 Å². The Kier molecular flexibility index (Phi) is 2.05. The molecule has 1 fully saturated rings. The zero-order chi connectivity index (χ0) is 6.85. The summed E-state index contributed by atoms with van der Waals surface area (Å²) in [5, 5.41) is 4.45. The molecule has 0 amide bonds. The van der Waals surface area contributed by atoms with Crippen LogP contribution in [-0.2, 0) is 0 Å². The molecule has 54 valence electrons. The van der Waals surface area contributed by atoms with E-state index < -0.39 is 0 Å². The van der Waals surface area contributed by atoms with E-state index in [1.54, 1.807) is 0 Å². The van der Waals surface area contributed by atoms with Gasteiger partial charge in [-0.3, -0.25) is 4.90 Å². The third-order valence-electron chi connectivity index (χ3n) is 1.71. The van der Waals surface area contributed by atoms with Crippen LogP contribution in [0.15, 0.2) is 0 Å². The Morgan fingerprint density at radius 2 is 1.89 bits per heavy atom. The minimum absolute atomic E-state index is 1.08. The summed E-state index contributed by atoms with van der Waals surface area (Å²) < 4.78 is 0. The van der Waals surface area contributed by atoms with Crippen LogP contribution in [0.2, 0.25) is 0 Å². The van der Waals surface area contributed by atoms with Crippen molar-refractivity contribution >= 4 is 0 Å². The maximum Gasteiger partial charge on any atom is 0.0646 e. The van der Waals surface area contributed by atoms with Gasteiger partial charge in [-0.1, -0.05) is 0 Å². The molecule has 3 heteroatoms. The summed E-state index contributed by atoms with van der Waals surface area (Å²) in [7, 11) is 6.31. The van der Waals surface area contributed by atoms with Gasteiger partial charge in [-0.05, 0) is 7.05 Å². The van der Waals surface area contributed by atoms with Crippen LogP contribution >= 0.6 is 0 Å². The van der Waals surface area contributed by atoms with Crippen molar-refractivity contribution in [3.8, 4) is 0 Å². The van der Waals surface area contributed by atoms with E-state index in [1.807, 2.05) is 0 Å². The van der Waals surface area contributed by atoms with Crippen LogP contribution in [0.1, 0.15) is 0 Å². The normalized spacial score (nSPS) is 24.0. The molecule has 0 radical (unpaired) electrons. The van der Waals surface area contributed by atoms with E-state index in [1.165, 1.54) is 13.1 Å². The number of hydrogen-bond donors (Lipinski definition) is 0. The van der Waals surface area contributed by atoms with Crippen molar-refractivity contribution in [1.82, 2.24) is 14.9 Å². The summed E-state index contributed by atoms with van der Waals surface area (Å²) in [6.07, 6.45) is 0. The van der Waals surface area contributed by atoms with E-state index in [9.17, 15) is 0 Å². The summed E-state index contributed by atoms with van der Waals surface area (Å²) in [6.45, 7) is 3.44. The first-order chi connectivity index (χ1) is 4.20. The highest BCUT2D eigenvalue weighted by molar-refractivity contribution is 4.63. The Hall–Kier alpha value is -0.120. The van der Waals surface area contributed by atoms with Crippen molar-refractivity contribution < 1.29 is 0 Å². The van der Waals surface area contributed by atoms with Gasteiger partial charge in [0, 0.05) is 27.2 Å². The minimum Gasteiger partial charge on any atom is -0.291 e. The molecular weight excluding hydrogens is 114 g/mol. The lowest BCUT2D eigenvalue weighted by Gasteiger charge is -2.22. The summed E-state index contributed by atoms with van der Waals surface area (Å²) >= 11 is 0. The van der Waals surface area contributed by atoms with E-state index in [4.69, 9.17) is 0 Å². The summed E-state index contributed by atoms with van der Waals surface area (Å²) in [6, 6.07) is 0. The van der Waals surface area contributed by atoms with Gasteiger partial charge in [0.25, 0.3) is 0 Å². The van der Waals surface area contributed by atoms with Crippen molar-refractivity contribution in [2.24, 2.45) is 0 Å². The molecule has 0 aromatic heterocycles. The fourth-order valence-electron chi connectivity index (χ4n) is 1.03. The van der Waals surface area contributed by atoms with Gasteiger partial charge in [0.05, 0.1) is 6.67 Å². The van der Waals surface area contributed by atoms with Gasteiger partial charge in [0.2, 0.25) is 0 Å². The van der Waals surface area contributed by atoms with Crippen LogP contribution < -0.4 is 0 Å². The standard InChI is InChI=1S/C6H15N3/c1-7(2)9-5-4-8(3)6-9/h4-6H2,1-3H3. The second-order valence-electron chi connectivity index (χ2n) is 2.80. The Morgan fingerprint density at radius 1 is 1.22 bits per heavy atom. The second-order valence-corrected chi connectivity index (χ2v) is 2.80. The molecular formula is C6H15N3. The zero-order valence-corrected chi connectivity index (χ0v) is 6.46. The third-order valence-corrected chi connectivity index (χ3v) is 1.71. The van der Waals surface area contributed by atoms with E-state index in [2.05, 4.69) is 36.1 Å². The molecule has 0 bridgehead atoms. The molecule has 1 aliphatic rings. The highest BCUT2D eigenvalue weighted by atomic mass is 15.7. The van der Waals surface area contributed by atoms with Gasteiger partial charge >= 0.3 is 0 Å². The van der Waals surface area contributed by atoms with E-state index in [0.29, 0.717) is 0 Å². The van der Waals surface area contributed by atoms with Gasteiger partial charge in [0.1, 0.15) is 0 Å². The average molecular weight is 129 g/mol. The number of nitrogens with zero attached hydrogens (tertiary/aromatic N) is 3. The number of likely N-dealkylation sites (N-methyl/N-ethyl adjacent to an activating group) is 1. The highest BCUT2D eigenvalue weighted by Crippen LogP contribution is 2.01. The van der Waals surface area contributed by atoms with Crippen LogP contribution in [0.5, 0.6) is 0 Å². The molecule has 0 unspecified atom stereocenters. The number of rotatable bonds is 1. The van der Waals surface area contributed by atoms with Gasteiger partial charge in [0.15, 0.2) is 0 Å². The van der Waals surface area contributed by atoms with Crippen molar-refractivity contribution in [2.75, 3.05) is 40.9 Å². The molecule has 0 aromatic carbocycles. The Bertz CT molecular complexity index is 92.3. The SMILES string of the molecule is CN1CCN(N(C)C)C1. The largest absolute Gasteiger partial charge is 0.291 e. The molecule has 9 heavy (non-hydrogen) atoms. The van der Waals surface area contributed by atoms with Crippen LogP contribution in [0, 0.1) is 0 Å². The Labute approximate surface area is 56.8 Å². The molecule has 0 aliphatic carbocycles. The topological polar surface area (TPSA) is 9.72 Å². The molecule has 1 aliphatic heterocycles. The van der Waals surface area contributed by atoms with E-state index in [-0.39, 0.29) is 0 Å². The average Bonchev–Trinajstić information content (AvgIpc) is 2.14. The van der Waals surface area contributed by atoms with Crippen molar-refractivity contribution in [1.29, 1.82) is 0 Å². The fraction of sp³-hybridized carbons (Fsp3) is 1.00. The maximum atomic E-state index is 2.31. The first kappa shape index (κ1) is 6.99. The van der Waals surface area contributed by atoms with E-state index >= 15 is 0 Å². The summed E-state index contributed by atoms with van der Waals surface area (Å²) in [5.41, 5.74) is 0.